The van der Waals surface area contributed by atoms with Crippen molar-refractivity contribution in [3.8, 4) is 0 Å². The van der Waals surface area contributed by atoms with E-state index in [4.69, 9.17) is 9.90 Å². The summed E-state index contributed by atoms with van der Waals surface area (Å²) in [7, 11) is 0. The Morgan fingerprint density at radius 3 is 1.86 bits per heavy atom. The van der Waals surface area contributed by atoms with Crippen molar-refractivity contribution in [1.82, 2.24) is 0 Å². The monoisotopic (exact) mass is 309 g/mol. The third kappa shape index (κ3) is 18.5. The van der Waals surface area contributed by atoms with Crippen LogP contribution in [-0.2, 0) is 22.5 Å². The zero-order valence-corrected chi connectivity index (χ0v) is 9.24. The third-order valence-corrected chi connectivity index (χ3v) is 0.482. The van der Waals surface area contributed by atoms with Gasteiger partial charge >= 0.3 is 89.9 Å². The zero-order chi connectivity index (χ0) is 4.28. The molecular formula is CH2KO4Os. The van der Waals surface area contributed by atoms with Crippen molar-refractivity contribution in [2.24, 2.45) is 0 Å². The van der Waals surface area contributed by atoms with Gasteiger partial charge in [-0.2, -0.15) is 0 Å². The van der Waals surface area contributed by atoms with Gasteiger partial charge in [0.2, 0.25) is 0 Å². The molecule has 0 spiro atoms. The number of hydrogen-bond donors (Lipinski definition) is 0. The smallest absolute Gasteiger partial charge is 1.00 e. The molecule has 0 fully saturated rings. The fourth-order valence-electron chi connectivity index (χ4n) is 0. The second-order valence-electron chi connectivity index (χ2n) is 0.322. The molecule has 6 heteroatoms. The van der Waals surface area contributed by atoms with Crippen LogP contribution in [0.1, 0.15) is 0 Å². The summed E-state index contributed by atoms with van der Waals surface area (Å²) in [6.45, 7) is 0. The van der Waals surface area contributed by atoms with Crippen molar-refractivity contribution in [3.05, 3.63) is 0 Å². The fourth-order valence-corrected chi connectivity index (χ4v) is 0. The maximum atomic E-state index is 9.04. The number of carbonyl (C=O) groups is 1. The number of carbonyl (C=O) groups excluding carboxylic acids is 1. The molecular weight excluding hydrogens is 305 g/mol. The Kier molecular flexibility index (Phi) is 23.7. The Morgan fingerprint density at radius 1 is 1.71 bits per heavy atom. The standard InChI is InChI=1S/CH2O3.K.H2O.Os/c2-1(3)4;;;/h(H2,2,3,4);;1H2;/q;+1;;+1/p-2. The van der Waals surface area contributed by atoms with Crippen LogP contribution >= 0.6 is 0 Å². The van der Waals surface area contributed by atoms with Crippen LogP contribution in [0.5, 0.6) is 0 Å². The first kappa shape index (κ1) is 15.8. The van der Waals surface area contributed by atoms with Crippen LogP contribution in [0.4, 0.5) is 4.79 Å². The summed E-state index contributed by atoms with van der Waals surface area (Å²) in [6, 6.07) is 0. The molecule has 0 aliphatic carbocycles. The quantitative estimate of drug-likeness (QED) is 0.420. The molecule has 2 N–H and O–H groups in total. The van der Waals surface area contributed by atoms with Crippen molar-refractivity contribution in [1.29, 1.82) is 0 Å². The third-order valence-electron chi connectivity index (χ3n) is 0.0589. The van der Waals surface area contributed by atoms with Crippen LogP contribution in [0.3, 0.4) is 0 Å². The first-order chi connectivity index (χ1) is 2.27. The molecule has 0 aromatic rings. The van der Waals surface area contributed by atoms with Gasteiger partial charge in [-0.1, -0.05) is 0 Å². The minimum Gasteiger partial charge on any atom is 1.00 e. The van der Waals surface area contributed by atoms with Gasteiger partial charge in [0.05, 0.1) is 0 Å². The molecule has 0 saturated heterocycles. The van der Waals surface area contributed by atoms with Gasteiger partial charge in [0.1, 0.15) is 0 Å². The SMILES string of the molecule is O.O=C([O-])[O][Os].[K+]. The molecule has 0 saturated carbocycles. The Bertz CT molecular complexity index is 47.0. The van der Waals surface area contributed by atoms with Gasteiger partial charge in [-0.05, 0) is 0 Å². The van der Waals surface area contributed by atoms with Crippen LogP contribution in [0.15, 0.2) is 0 Å². The maximum absolute atomic E-state index is 9.04. The van der Waals surface area contributed by atoms with Gasteiger partial charge < -0.3 is 5.48 Å². The minimum atomic E-state index is -1.48. The van der Waals surface area contributed by atoms with E-state index in [-0.39, 0.29) is 56.9 Å². The Morgan fingerprint density at radius 2 is 1.86 bits per heavy atom. The molecule has 0 atom stereocenters. The van der Waals surface area contributed by atoms with E-state index < -0.39 is 6.16 Å². The van der Waals surface area contributed by atoms with Gasteiger partial charge in [-0.15, -0.1) is 0 Å². The average molecular weight is 307 g/mol. The van der Waals surface area contributed by atoms with E-state index in [9.17, 15) is 0 Å². The van der Waals surface area contributed by atoms with E-state index in [2.05, 4.69) is 3.53 Å². The summed E-state index contributed by atoms with van der Waals surface area (Å²) in [5.41, 5.74) is 0. The van der Waals surface area contributed by atoms with Crippen LogP contribution in [0, 0.1) is 0 Å². The van der Waals surface area contributed by atoms with Crippen LogP contribution < -0.4 is 56.5 Å². The van der Waals surface area contributed by atoms with Gasteiger partial charge in [-0.25, -0.2) is 0 Å². The van der Waals surface area contributed by atoms with E-state index >= 15 is 0 Å². The Hall–Kier alpha value is 1.50. The van der Waals surface area contributed by atoms with E-state index in [1.807, 2.05) is 0 Å². The van der Waals surface area contributed by atoms with Gasteiger partial charge in [0.25, 0.3) is 0 Å². The summed E-state index contributed by atoms with van der Waals surface area (Å²) in [5, 5.41) is 9.04. The van der Waals surface area contributed by atoms with Crippen molar-refractivity contribution < 1.29 is 89.3 Å². The largest absolute Gasteiger partial charge is 1.00 e. The normalized spacial score (nSPS) is 4.71. The molecule has 0 aromatic carbocycles. The predicted octanol–water partition coefficient (Wildman–Crippen LogP) is -5.01. The molecule has 0 rings (SSSR count). The first-order valence-corrected chi connectivity index (χ1v) is 1.79. The molecule has 39 valence electrons. The van der Waals surface area contributed by atoms with Crippen molar-refractivity contribution in [2.45, 2.75) is 0 Å². The second-order valence-corrected chi connectivity index (χ2v) is 0.841. The van der Waals surface area contributed by atoms with E-state index in [1.54, 1.807) is 0 Å². The molecule has 0 amide bonds. The molecule has 0 aliphatic heterocycles. The Balaban J connectivity index is -0.0000000800. The molecule has 0 unspecified atom stereocenters. The molecule has 4 nitrogen and oxygen atoms in total. The van der Waals surface area contributed by atoms with Crippen molar-refractivity contribution in [3.63, 3.8) is 0 Å². The van der Waals surface area contributed by atoms with Crippen LogP contribution in [0.25, 0.3) is 0 Å². The molecule has 7 heavy (non-hydrogen) atoms. The van der Waals surface area contributed by atoms with Gasteiger partial charge in [0.15, 0.2) is 0 Å². The van der Waals surface area contributed by atoms with Crippen LogP contribution in [-0.4, -0.2) is 11.6 Å². The summed E-state index contributed by atoms with van der Waals surface area (Å²) in [4.78, 5) is 9.04. The first-order valence-electron chi connectivity index (χ1n) is 0.757. The topological polar surface area (TPSA) is 80.9 Å². The van der Waals surface area contributed by atoms with E-state index in [1.165, 1.54) is 0 Å². The molecule has 0 radical (unpaired) electrons. The van der Waals surface area contributed by atoms with Gasteiger partial charge in [0, 0.05) is 0 Å². The second kappa shape index (κ2) is 10.5. The summed E-state index contributed by atoms with van der Waals surface area (Å²) in [6.07, 6.45) is -1.48. The zero-order valence-electron chi connectivity index (χ0n) is 3.58. The molecule has 0 aromatic heterocycles. The molecule has 0 heterocycles. The van der Waals surface area contributed by atoms with E-state index in [0.29, 0.717) is 0 Å². The predicted molar refractivity (Wildman–Crippen MR) is 10.1 cm³/mol. The summed E-state index contributed by atoms with van der Waals surface area (Å²) in [5.74, 6) is 0. The maximum Gasteiger partial charge on any atom is 1.00 e. The summed E-state index contributed by atoms with van der Waals surface area (Å²) < 4.78 is 3.58. The minimum absolute atomic E-state index is 0. The molecule has 0 bridgehead atoms. The van der Waals surface area contributed by atoms with Crippen molar-refractivity contribution >= 4 is 6.16 Å². The van der Waals surface area contributed by atoms with Gasteiger partial charge in [-0.3, -0.25) is 0 Å². The van der Waals surface area contributed by atoms with Crippen molar-refractivity contribution in [2.75, 3.05) is 0 Å². The molecule has 0 aliphatic rings. The number of hydrogen-bond acceptors (Lipinski definition) is 3. The van der Waals surface area contributed by atoms with Crippen LogP contribution in [0.2, 0.25) is 0 Å². The average Bonchev–Trinajstić information content (AvgIpc) is 1.38. The number of carboxylic acid groups (broad SMARTS) is 1. The number of rotatable bonds is 0. The van der Waals surface area contributed by atoms with E-state index in [0.717, 1.165) is 19.0 Å². The Labute approximate surface area is 93.7 Å². The fraction of sp³-hybridized carbons (Fsp3) is 0. The summed E-state index contributed by atoms with van der Waals surface area (Å²) >= 11 is 0.872.